The number of nitrogens with one attached hydrogen (secondary N) is 1. The molecular weight excluding hydrogens is 266 g/mol. The molecule has 0 spiro atoms. The number of aromatic nitrogens is 1. The number of hydrogen-bond acceptors (Lipinski definition) is 5. The Hall–Kier alpha value is -2.56. The van der Waals surface area contributed by atoms with E-state index in [1.807, 2.05) is 18.2 Å². The summed E-state index contributed by atoms with van der Waals surface area (Å²) in [6.07, 6.45) is 1.50. The van der Waals surface area contributed by atoms with Gasteiger partial charge in [0, 0.05) is 5.69 Å². The van der Waals surface area contributed by atoms with Crippen LogP contribution in [0, 0.1) is 0 Å². The molecule has 110 valence electrons. The molecule has 0 amide bonds. The van der Waals surface area contributed by atoms with Crippen molar-refractivity contribution < 1.29 is 9.53 Å². The van der Waals surface area contributed by atoms with Gasteiger partial charge in [-0.25, -0.2) is 9.78 Å². The van der Waals surface area contributed by atoms with Crippen molar-refractivity contribution in [2.75, 3.05) is 18.2 Å². The van der Waals surface area contributed by atoms with E-state index in [1.54, 1.807) is 6.07 Å². The number of methoxy groups -OCH3 is 1. The molecule has 1 heterocycles. The van der Waals surface area contributed by atoms with Gasteiger partial charge in [-0.1, -0.05) is 26.0 Å². The summed E-state index contributed by atoms with van der Waals surface area (Å²) in [5, 5.41) is 3.14. The van der Waals surface area contributed by atoms with Gasteiger partial charge < -0.3 is 15.8 Å². The molecule has 1 aromatic heterocycles. The Morgan fingerprint density at radius 3 is 2.76 bits per heavy atom. The number of ether oxygens (including phenoxy) is 1. The monoisotopic (exact) mass is 285 g/mol. The topological polar surface area (TPSA) is 77.2 Å². The van der Waals surface area contributed by atoms with Crippen LogP contribution >= 0.6 is 0 Å². The fourth-order valence-electron chi connectivity index (χ4n) is 1.96. The number of rotatable bonds is 4. The van der Waals surface area contributed by atoms with E-state index in [0.717, 1.165) is 5.69 Å². The van der Waals surface area contributed by atoms with E-state index in [2.05, 4.69) is 30.2 Å². The highest BCUT2D eigenvalue weighted by molar-refractivity contribution is 5.96. The molecule has 0 saturated heterocycles. The van der Waals surface area contributed by atoms with Crippen LogP contribution in [-0.4, -0.2) is 18.1 Å². The van der Waals surface area contributed by atoms with E-state index in [4.69, 9.17) is 10.5 Å². The van der Waals surface area contributed by atoms with E-state index in [9.17, 15) is 4.79 Å². The molecule has 0 radical (unpaired) electrons. The summed E-state index contributed by atoms with van der Waals surface area (Å²) in [6, 6.07) is 9.53. The number of carbonyl (C=O) groups excluding carboxylic acids is 1. The Bertz CT molecular complexity index is 654. The van der Waals surface area contributed by atoms with Crippen molar-refractivity contribution in [2.45, 2.75) is 19.8 Å². The second-order valence-corrected chi connectivity index (χ2v) is 5.06. The highest BCUT2D eigenvalue weighted by atomic mass is 16.5. The normalized spacial score (nSPS) is 10.5. The van der Waals surface area contributed by atoms with E-state index in [-0.39, 0.29) is 0 Å². The van der Waals surface area contributed by atoms with Gasteiger partial charge in [0.2, 0.25) is 0 Å². The number of esters is 1. The van der Waals surface area contributed by atoms with Crippen LogP contribution in [0.25, 0.3) is 0 Å². The standard InChI is InChI=1S/C16H19N3O2/c1-10(2)11-5-4-6-13(7-11)19-15-14(16(20)21-3)8-12(17)9-18-15/h4-10H,17H2,1-3H3,(H,18,19). The van der Waals surface area contributed by atoms with Gasteiger partial charge in [0.15, 0.2) is 0 Å². The van der Waals surface area contributed by atoms with Crippen LogP contribution in [0.5, 0.6) is 0 Å². The van der Waals surface area contributed by atoms with Crippen molar-refractivity contribution in [1.82, 2.24) is 4.98 Å². The van der Waals surface area contributed by atoms with Crippen LogP contribution in [0.15, 0.2) is 36.5 Å². The van der Waals surface area contributed by atoms with Gasteiger partial charge in [0.05, 0.1) is 19.0 Å². The molecule has 0 aliphatic heterocycles. The minimum absolute atomic E-state index is 0.312. The van der Waals surface area contributed by atoms with Crippen LogP contribution in [0.4, 0.5) is 17.2 Å². The molecule has 0 atom stereocenters. The Balaban J connectivity index is 2.35. The molecule has 5 nitrogen and oxygen atoms in total. The Labute approximate surface area is 124 Å². The molecule has 0 unspecified atom stereocenters. The predicted octanol–water partition coefficient (Wildman–Crippen LogP) is 3.32. The Kier molecular flexibility index (Phi) is 4.42. The second-order valence-electron chi connectivity index (χ2n) is 5.06. The maximum atomic E-state index is 11.8. The number of nitrogens with zero attached hydrogens (tertiary/aromatic N) is 1. The number of carbonyl (C=O) groups is 1. The molecule has 3 N–H and O–H groups in total. The van der Waals surface area contributed by atoms with E-state index >= 15 is 0 Å². The zero-order valence-electron chi connectivity index (χ0n) is 12.4. The molecule has 0 aliphatic carbocycles. The van der Waals surface area contributed by atoms with Gasteiger partial charge in [-0.3, -0.25) is 0 Å². The number of nitrogens with two attached hydrogens (primary N) is 1. The molecule has 0 saturated carbocycles. The lowest BCUT2D eigenvalue weighted by Crippen LogP contribution is -2.08. The third-order valence-corrected chi connectivity index (χ3v) is 3.13. The summed E-state index contributed by atoms with van der Waals surface area (Å²) in [5.74, 6) is 0.375. The molecule has 5 heteroatoms. The van der Waals surface area contributed by atoms with Crippen molar-refractivity contribution in [2.24, 2.45) is 0 Å². The van der Waals surface area contributed by atoms with Crippen molar-refractivity contribution in [3.05, 3.63) is 47.7 Å². The fourth-order valence-corrected chi connectivity index (χ4v) is 1.96. The molecule has 21 heavy (non-hydrogen) atoms. The lowest BCUT2D eigenvalue weighted by atomic mass is 10.0. The average molecular weight is 285 g/mol. The van der Waals surface area contributed by atoms with Crippen molar-refractivity contribution in [3.8, 4) is 0 Å². The van der Waals surface area contributed by atoms with Gasteiger partial charge in [-0.2, -0.15) is 0 Å². The summed E-state index contributed by atoms with van der Waals surface area (Å²) in [7, 11) is 1.33. The third-order valence-electron chi connectivity index (χ3n) is 3.13. The van der Waals surface area contributed by atoms with Crippen LogP contribution in [0.1, 0.15) is 35.7 Å². The van der Waals surface area contributed by atoms with Crippen molar-refractivity contribution >= 4 is 23.2 Å². The molecule has 0 aliphatic rings. The Morgan fingerprint density at radius 2 is 2.10 bits per heavy atom. The Morgan fingerprint density at radius 1 is 1.33 bits per heavy atom. The van der Waals surface area contributed by atoms with Crippen LogP contribution in [0.3, 0.4) is 0 Å². The number of pyridine rings is 1. The highest BCUT2D eigenvalue weighted by Gasteiger charge is 2.14. The fraction of sp³-hybridized carbons (Fsp3) is 0.250. The summed E-state index contributed by atoms with van der Waals surface area (Å²) in [5.41, 5.74) is 8.47. The van der Waals surface area contributed by atoms with Gasteiger partial charge in [-0.15, -0.1) is 0 Å². The quantitative estimate of drug-likeness (QED) is 0.843. The summed E-state index contributed by atoms with van der Waals surface area (Å²) in [4.78, 5) is 16.0. The molecule has 0 fully saturated rings. The summed E-state index contributed by atoms with van der Waals surface area (Å²) >= 11 is 0. The van der Waals surface area contributed by atoms with Gasteiger partial charge >= 0.3 is 5.97 Å². The van der Waals surface area contributed by atoms with Gasteiger partial charge in [0.1, 0.15) is 11.4 Å². The minimum Gasteiger partial charge on any atom is -0.465 e. The average Bonchev–Trinajstić information content (AvgIpc) is 2.48. The minimum atomic E-state index is -0.475. The number of anilines is 3. The van der Waals surface area contributed by atoms with Crippen molar-refractivity contribution in [3.63, 3.8) is 0 Å². The highest BCUT2D eigenvalue weighted by Crippen LogP contribution is 2.24. The first-order valence-electron chi connectivity index (χ1n) is 6.72. The van der Waals surface area contributed by atoms with Gasteiger partial charge in [0.25, 0.3) is 0 Å². The van der Waals surface area contributed by atoms with Gasteiger partial charge in [-0.05, 0) is 29.7 Å². The summed E-state index contributed by atoms with van der Waals surface area (Å²) < 4.78 is 4.76. The first-order chi connectivity index (χ1) is 10.0. The van der Waals surface area contributed by atoms with E-state index < -0.39 is 5.97 Å². The molecule has 2 rings (SSSR count). The number of hydrogen-bond donors (Lipinski definition) is 2. The van der Waals surface area contributed by atoms with Crippen LogP contribution in [0.2, 0.25) is 0 Å². The molecule has 1 aromatic carbocycles. The zero-order valence-corrected chi connectivity index (χ0v) is 12.4. The smallest absolute Gasteiger partial charge is 0.341 e. The predicted molar refractivity (Wildman–Crippen MR) is 83.8 cm³/mol. The maximum absolute atomic E-state index is 11.8. The molecule has 2 aromatic rings. The largest absolute Gasteiger partial charge is 0.465 e. The first-order valence-corrected chi connectivity index (χ1v) is 6.72. The van der Waals surface area contributed by atoms with Crippen LogP contribution < -0.4 is 11.1 Å². The third kappa shape index (κ3) is 3.51. The SMILES string of the molecule is COC(=O)c1cc(N)cnc1Nc1cccc(C(C)C)c1. The molecule has 0 bridgehead atoms. The zero-order chi connectivity index (χ0) is 15.4. The van der Waals surface area contributed by atoms with E-state index in [1.165, 1.54) is 18.9 Å². The lowest BCUT2D eigenvalue weighted by Gasteiger charge is -2.12. The molecular formula is C16H19N3O2. The number of benzene rings is 1. The van der Waals surface area contributed by atoms with Crippen LogP contribution in [-0.2, 0) is 4.74 Å². The number of nitrogen functional groups attached to an aromatic ring is 1. The lowest BCUT2D eigenvalue weighted by molar-refractivity contribution is 0.0601. The maximum Gasteiger partial charge on any atom is 0.341 e. The van der Waals surface area contributed by atoms with E-state index in [0.29, 0.717) is 23.0 Å². The second kappa shape index (κ2) is 6.26. The summed E-state index contributed by atoms with van der Waals surface area (Å²) in [6.45, 7) is 4.25. The first kappa shape index (κ1) is 14.8. The van der Waals surface area contributed by atoms with Crippen molar-refractivity contribution in [1.29, 1.82) is 0 Å².